The smallest absolute Gasteiger partial charge is 0.285 e. The summed E-state index contributed by atoms with van der Waals surface area (Å²) >= 11 is 1.77. The van der Waals surface area contributed by atoms with Gasteiger partial charge in [-0.05, 0) is 42.8 Å². The Kier molecular flexibility index (Phi) is 6.05. The number of nitrogens with one attached hydrogen (secondary N) is 1. The minimum atomic E-state index is -3.71. The van der Waals surface area contributed by atoms with Crippen molar-refractivity contribution in [3.63, 3.8) is 0 Å². The summed E-state index contributed by atoms with van der Waals surface area (Å²) in [5, 5.41) is 2.95. The van der Waals surface area contributed by atoms with Crippen molar-refractivity contribution in [2.24, 2.45) is 4.40 Å². The number of rotatable bonds is 6. The highest BCUT2D eigenvalue weighted by Crippen LogP contribution is 2.47. The van der Waals surface area contributed by atoms with Gasteiger partial charge in [0.25, 0.3) is 10.0 Å². The average molecular weight is 493 g/mol. The molecular weight excluding hydrogens is 468 g/mol. The molecule has 3 aromatic rings. The van der Waals surface area contributed by atoms with Gasteiger partial charge in [-0.2, -0.15) is 8.42 Å². The monoisotopic (exact) mass is 492 g/mol. The molecule has 3 aromatic carbocycles. The van der Waals surface area contributed by atoms with Crippen molar-refractivity contribution in [2.45, 2.75) is 21.1 Å². The van der Waals surface area contributed by atoms with E-state index in [4.69, 9.17) is 0 Å². The summed E-state index contributed by atoms with van der Waals surface area (Å²) in [6, 6.07) is 23.4. The molecule has 0 fully saturated rings. The summed E-state index contributed by atoms with van der Waals surface area (Å²) in [6.45, 7) is 1.31. The predicted octanol–water partition coefficient (Wildman–Crippen LogP) is 3.88. The van der Waals surface area contributed by atoms with Crippen LogP contribution in [-0.4, -0.2) is 51.7 Å². The number of sulfonamides is 1. The molecule has 0 spiro atoms. The van der Waals surface area contributed by atoms with Gasteiger partial charge in [0.2, 0.25) is 5.91 Å². The maximum Gasteiger partial charge on any atom is 0.285 e. The van der Waals surface area contributed by atoms with Crippen LogP contribution in [0.15, 0.2) is 91.9 Å². The molecule has 0 radical (unpaired) electrons. The lowest BCUT2D eigenvalue weighted by molar-refractivity contribution is -0.121. The molecule has 5 rings (SSSR count). The van der Waals surface area contributed by atoms with E-state index >= 15 is 0 Å². The fourth-order valence-corrected chi connectivity index (χ4v) is 6.54. The first kappa shape index (κ1) is 22.5. The molecule has 2 aliphatic rings. The standard InChI is InChI=1S/C25H24N4O3S2/c1-28(25-18-9-2-7-14-23(18)34(31,32)27-25)17-24(30)26-15-8-16-29-19-10-3-5-12-21(19)33-22-13-6-4-11-20(22)29/h2-7,9-14H,8,15-17H2,1H3,(H,26,30). The van der Waals surface area contributed by atoms with Crippen LogP contribution < -0.4 is 10.2 Å². The second kappa shape index (κ2) is 9.15. The highest BCUT2D eigenvalue weighted by Gasteiger charge is 2.31. The van der Waals surface area contributed by atoms with E-state index in [1.165, 1.54) is 27.2 Å². The van der Waals surface area contributed by atoms with E-state index in [2.05, 4.69) is 38.9 Å². The third-order valence-electron chi connectivity index (χ3n) is 5.77. The van der Waals surface area contributed by atoms with Crippen LogP contribution in [-0.2, 0) is 14.8 Å². The minimum Gasteiger partial charge on any atom is -0.354 e. The van der Waals surface area contributed by atoms with Gasteiger partial charge >= 0.3 is 0 Å². The van der Waals surface area contributed by atoms with E-state index in [9.17, 15) is 13.2 Å². The SMILES string of the molecule is CN(CC(=O)NCCCN1c2ccccc2Sc2ccccc21)C1=NS(=O)(=O)c2ccccc21. The number of para-hydroxylation sites is 2. The largest absolute Gasteiger partial charge is 0.354 e. The van der Waals surface area contributed by atoms with Gasteiger partial charge in [0.15, 0.2) is 5.84 Å². The Labute approximate surface area is 203 Å². The van der Waals surface area contributed by atoms with Crippen LogP contribution in [0.5, 0.6) is 0 Å². The zero-order valence-electron chi connectivity index (χ0n) is 18.6. The van der Waals surface area contributed by atoms with Crippen molar-refractivity contribution < 1.29 is 13.2 Å². The van der Waals surface area contributed by atoms with Gasteiger partial charge < -0.3 is 15.1 Å². The lowest BCUT2D eigenvalue weighted by Gasteiger charge is -2.32. The highest BCUT2D eigenvalue weighted by atomic mass is 32.2. The highest BCUT2D eigenvalue weighted by molar-refractivity contribution is 7.99. The van der Waals surface area contributed by atoms with Gasteiger partial charge in [0.1, 0.15) is 4.90 Å². The van der Waals surface area contributed by atoms with Gasteiger partial charge in [-0.15, -0.1) is 4.40 Å². The normalized spacial score (nSPS) is 15.1. The first-order valence-corrected chi connectivity index (χ1v) is 13.3. The molecule has 0 unspecified atom stereocenters. The summed E-state index contributed by atoms with van der Waals surface area (Å²) in [6.07, 6.45) is 0.765. The number of amides is 1. The average Bonchev–Trinajstić information content (AvgIpc) is 3.12. The van der Waals surface area contributed by atoms with E-state index < -0.39 is 10.0 Å². The first-order chi connectivity index (χ1) is 16.4. The number of fused-ring (bicyclic) bond motifs is 3. The van der Waals surface area contributed by atoms with E-state index in [1.807, 2.05) is 24.3 Å². The van der Waals surface area contributed by atoms with Crippen LogP contribution in [0.4, 0.5) is 11.4 Å². The number of hydrogen-bond donors (Lipinski definition) is 1. The maximum absolute atomic E-state index is 12.6. The number of carbonyl (C=O) groups excluding carboxylic acids is 1. The summed E-state index contributed by atoms with van der Waals surface area (Å²) in [7, 11) is -2.03. The Morgan fingerprint density at radius 1 is 0.971 bits per heavy atom. The van der Waals surface area contributed by atoms with Crippen LogP contribution in [0.25, 0.3) is 0 Å². The number of amidine groups is 1. The number of hydrogen-bond acceptors (Lipinski definition) is 6. The van der Waals surface area contributed by atoms with Crippen LogP contribution in [0.2, 0.25) is 0 Å². The zero-order valence-corrected chi connectivity index (χ0v) is 20.3. The van der Waals surface area contributed by atoms with E-state index in [-0.39, 0.29) is 17.3 Å². The van der Waals surface area contributed by atoms with Crippen molar-refractivity contribution in [3.8, 4) is 0 Å². The van der Waals surface area contributed by atoms with Gasteiger partial charge in [-0.25, -0.2) is 0 Å². The number of anilines is 2. The third kappa shape index (κ3) is 4.28. The molecular formula is C25H24N4O3S2. The molecule has 0 aromatic heterocycles. The molecule has 2 heterocycles. The molecule has 174 valence electrons. The number of carbonyl (C=O) groups is 1. The van der Waals surface area contributed by atoms with E-state index in [0.717, 1.165) is 13.0 Å². The molecule has 0 aliphatic carbocycles. The molecule has 1 N–H and O–H groups in total. The number of benzene rings is 3. The lowest BCUT2D eigenvalue weighted by Crippen LogP contribution is -2.39. The fourth-order valence-electron chi connectivity index (χ4n) is 4.20. The van der Waals surface area contributed by atoms with Crippen LogP contribution in [0.3, 0.4) is 0 Å². The Hall–Kier alpha value is -3.30. The summed E-state index contributed by atoms with van der Waals surface area (Å²) in [5.74, 6) is 0.117. The number of likely N-dealkylation sites (N-methyl/N-ethyl adjacent to an activating group) is 1. The van der Waals surface area contributed by atoms with Crippen LogP contribution >= 0.6 is 11.8 Å². The topological polar surface area (TPSA) is 82.1 Å². The molecule has 0 bridgehead atoms. The summed E-state index contributed by atoms with van der Waals surface area (Å²) in [4.78, 5) is 19.1. The molecule has 9 heteroatoms. The molecule has 1 amide bonds. The van der Waals surface area contributed by atoms with Crippen molar-refractivity contribution in [2.75, 3.05) is 31.6 Å². The molecule has 7 nitrogen and oxygen atoms in total. The van der Waals surface area contributed by atoms with Crippen LogP contribution in [0, 0.1) is 0 Å². The summed E-state index contributed by atoms with van der Waals surface area (Å²) < 4.78 is 28.4. The Morgan fingerprint density at radius 3 is 2.29 bits per heavy atom. The second-order valence-corrected chi connectivity index (χ2v) is 10.8. The summed E-state index contributed by atoms with van der Waals surface area (Å²) in [5.41, 5.74) is 2.88. The molecule has 0 saturated carbocycles. The zero-order chi connectivity index (χ0) is 23.7. The molecule has 2 aliphatic heterocycles. The molecule has 34 heavy (non-hydrogen) atoms. The molecule has 0 saturated heterocycles. The quantitative estimate of drug-likeness (QED) is 0.526. The first-order valence-electron chi connectivity index (χ1n) is 11.0. The fraction of sp³-hybridized carbons (Fsp3) is 0.200. The molecule has 0 atom stereocenters. The third-order valence-corrected chi connectivity index (χ3v) is 8.22. The lowest BCUT2D eigenvalue weighted by atomic mass is 10.2. The van der Waals surface area contributed by atoms with E-state index in [1.54, 1.807) is 41.9 Å². The van der Waals surface area contributed by atoms with E-state index in [0.29, 0.717) is 17.9 Å². The second-order valence-electron chi connectivity index (χ2n) is 8.13. The van der Waals surface area contributed by atoms with Crippen molar-refractivity contribution in [3.05, 3.63) is 78.4 Å². The number of nitrogens with zero attached hydrogens (tertiary/aromatic N) is 3. The van der Waals surface area contributed by atoms with Crippen LogP contribution in [0.1, 0.15) is 12.0 Å². The van der Waals surface area contributed by atoms with Gasteiger partial charge in [0.05, 0.1) is 17.9 Å². The van der Waals surface area contributed by atoms with Gasteiger partial charge in [0, 0.05) is 35.5 Å². The van der Waals surface area contributed by atoms with Crippen molar-refractivity contribution in [1.82, 2.24) is 10.2 Å². The predicted molar refractivity (Wildman–Crippen MR) is 134 cm³/mol. The Morgan fingerprint density at radius 2 is 1.59 bits per heavy atom. The Balaban J connectivity index is 1.18. The van der Waals surface area contributed by atoms with Crippen molar-refractivity contribution in [1.29, 1.82) is 0 Å². The van der Waals surface area contributed by atoms with Gasteiger partial charge in [-0.3, -0.25) is 4.79 Å². The van der Waals surface area contributed by atoms with Gasteiger partial charge in [-0.1, -0.05) is 48.2 Å². The minimum absolute atomic E-state index is 0.0225. The maximum atomic E-state index is 12.6. The van der Waals surface area contributed by atoms with Crippen molar-refractivity contribution >= 4 is 44.9 Å². The Bertz CT molecular complexity index is 1340.